The molecule has 9 nitrogen and oxygen atoms in total. The fourth-order valence-corrected chi connectivity index (χ4v) is 4.94. The van der Waals surface area contributed by atoms with Gasteiger partial charge in [-0.25, -0.2) is 8.42 Å². The largest absolute Gasteiger partial charge is 0.378 e. The van der Waals surface area contributed by atoms with Crippen LogP contribution in [0.5, 0.6) is 0 Å². The van der Waals surface area contributed by atoms with Crippen molar-refractivity contribution in [3.8, 4) is 0 Å². The Bertz CT molecular complexity index is 618. The third kappa shape index (κ3) is 8.73. The molecule has 0 bridgehead atoms. The number of likely N-dealkylation sites (N-methyl/N-ethyl adjacent to an activating group) is 1. The number of nitrogens with one attached hydrogen (secondary N) is 1. The summed E-state index contributed by atoms with van der Waals surface area (Å²) in [5.41, 5.74) is 0. The van der Waals surface area contributed by atoms with Crippen LogP contribution < -0.4 is 5.32 Å². The van der Waals surface area contributed by atoms with Crippen molar-refractivity contribution in [1.29, 1.82) is 0 Å². The van der Waals surface area contributed by atoms with Crippen LogP contribution in [0.15, 0.2) is 4.99 Å². The molecule has 2 heterocycles. The van der Waals surface area contributed by atoms with Crippen LogP contribution in [-0.2, 0) is 14.8 Å². The smallest absolute Gasteiger partial charge is 0.216 e. The Morgan fingerprint density at radius 3 is 2.17 bits per heavy atom. The van der Waals surface area contributed by atoms with Crippen molar-refractivity contribution in [2.75, 3.05) is 85.4 Å². The van der Waals surface area contributed by atoms with Crippen molar-refractivity contribution in [3.05, 3.63) is 0 Å². The highest BCUT2D eigenvalue weighted by molar-refractivity contribution is 14.0. The second-order valence-corrected chi connectivity index (χ2v) is 10.3. The fourth-order valence-electron chi connectivity index (χ4n) is 3.66. The Hall–Kier alpha value is -0.210. The normalized spacial score (nSPS) is 21.5. The van der Waals surface area contributed by atoms with Crippen molar-refractivity contribution in [3.63, 3.8) is 0 Å². The van der Waals surface area contributed by atoms with E-state index in [1.165, 1.54) is 0 Å². The van der Waals surface area contributed by atoms with Crippen LogP contribution in [0, 0.1) is 0 Å². The van der Waals surface area contributed by atoms with E-state index < -0.39 is 10.0 Å². The molecule has 0 amide bonds. The lowest BCUT2D eigenvalue weighted by Crippen LogP contribution is -2.56. The number of halogens is 1. The molecule has 2 aliphatic heterocycles. The third-order valence-corrected chi connectivity index (χ3v) is 7.49. The minimum absolute atomic E-state index is 0. The van der Waals surface area contributed by atoms with Crippen LogP contribution in [0.4, 0.5) is 0 Å². The average molecular weight is 561 g/mol. The summed E-state index contributed by atoms with van der Waals surface area (Å²) in [4.78, 5) is 11.4. The monoisotopic (exact) mass is 560 g/mol. The third-order valence-electron chi connectivity index (χ3n) is 5.65. The predicted octanol–water partition coefficient (Wildman–Crippen LogP) is 0.188. The highest BCUT2D eigenvalue weighted by Gasteiger charge is 2.28. The lowest BCUT2D eigenvalue weighted by Gasteiger charge is -2.38. The quantitative estimate of drug-likeness (QED) is 0.258. The molecule has 2 fully saturated rings. The molecule has 0 aromatic rings. The number of guanidine groups is 1. The summed E-state index contributed by atoms with van der Waals surface area (Å²) in [5.74, 6) is 0.895. The van der Waals surface area contributed by atoms with Crippen molar-refractivity contribution in [1.82, 2.24) is 24.3 Å². The van der Waals surface area contributed by atoms with E-state index in [0.29, 0.717) is 32.2 Å². The average Bonchev–Trinajstić information content (AvgIpc) is 2.68. The van der Waals surface area contributed by atoms with Gasteiger partial charge in [-0.1, -0.05) is 0 Å². The van der Waals surface area contributed by atoms with Gasteiger partial charge >= 0.3 is 0 Å². The number of nitrogens with zero attached hydrogens (tertiary/aromatic N) is 5. The molecule has 0 aromatic heterocycles. The Balaban J connectivity index is 0.00000450. The van der Waals surface area contributed by atoms with Gasteiger partial charge in [0.05, 0.1) is 18.5 Å². The zero-order chi connectivity index (χ0) is 21.4. The van der Waals surface area contributed by atoms with E-state index in [0.717, 1.165) is 38.7 Å². The van der Waals surface area contributed by atoms with Crippen LogP contribution >= 0.6 is 24.0 Å². The SMILES string of the molecule is CN=C(NCC(C)N1CCN(C)CC1)N1CCN(S(=O)(=O)CCOC(C)C)CC1.I. The molecule has 1 N–H and O–H groups in total. The topological polar surface area (TPSA) is 80.7 Å². The lowest BCUT2D eigenvalue weighted by molar-refractivity contribution is 0.0904. The second-order valence-electron chi connectivity index (χ2n) is 8.24. The first kappa shape index (κ1) is 27.8. The standard InChI is InChI=1S/C19H40N6O3S.HI/c1-17(2)28-14-15-29(26,27)25-12-10-24(11-13-25)19(20-4)21-16-18(3)23-8-6-22(5)7-9-23;/h17-18H,6-16H2,1-5H3,(H,20,21);1H. The zero-order valence-electron chi connectivity index (χ0n) is 19.2. The van der Waals surface area contributed by atoms with Crippen LogP contribution in [0.25, 0.3) is 0 Å². The molecule has 0 aliphatic carbocycles. The Morgan fingerprint density at radius 2 is 1.63 bits per heavy atom. The number of ether oxygens (including phenoxy) is 1. The molecule has 178 valence electrons. The van der Waals surface area contributed by atoms with Gasteiger partial charge in [-0.3, -0.25) is 9.89 Å². The van der Waals surface area contributed by atoms with Gasteiger partial charge in [-0.15, -0.1) is 24.0 Å². The fraction of sp³-hybridized carbons (Fsp3) is 0.947. The van der Waals surface area contributed by atoms with E-state index in [-0.39, 0.29) is 42.4 Å². The predicted molar refractivity (Wildman–Crippen MR) is 133 cm³/mol. The lowest BCUT2D eigenvalue weighted by atomic mass is 10.2. The molecule has 2 aliphatic rings. The molecule has 2 rings (SSSR count). The molecule has 0 spiro atoms. The summed E-state index contributed by atoms with van der Waals surface area (Å²) >= 11 is 0. The molecule has 0 radical (unpaired) electrons. The minimum atomic E-state index is -3.27. The van der Waals surface area contributed by atoms with E-state index in [2.05, 4.69) is 39.0 Å². The van der Waals surface area contributed by atoms with Gasteiger partial charge in [0.15, 0.2) is 5.96 Å². The van der Waals surface area contributed by atoms with Crippen LogP contribution in [-0.4, -0.2) is 131 Å². The van der Waals surface area contributed by atoms with Crippen molar-refractivity contribution in [2.45, 2.75) is 32.9 Å². The van der Waals surface area contributed by atoms with E-state index in [1.54, 1.807) is 11.4 Å². The first-order chi connectivity index (χ1) is 13.7. The summed E-state index contributed by atoms with van der Waals surface area (Å²) in [5, 5.41) is 3.48. The van der Waals surface area contributed by atoms with Crippen molar-refractivity contribution in [2.24, 2.45) is 4.99 Å². The molecule has 11 heteroatoms. The maximum absolute atomic E-state index is 12.5. The summed E-state index contributed by atoms with van der Waals surface area (Å²) in [6.07, 6.45) is 0.0460. The highest BCUT2D eigenvalue weighted by atomic mass is 127. The molecule has 1 unspecified atom stereocenters. The van der Waals surface area contributed by atoms with Crippen LogP contribution in [0.3, 0.4) is 0 Å². The number of aliphatic imine (C=N–C) groups is 1. The number of hydrogen-bond acceptors (Lipinski definition) is 6. The van der Waals surface area contributed by atoms with Gasteiger partial charge in [0.25, 0.3) is 0 Å². The summed E-state index contributed by atoms with van der Waals surface area (Å²) in [6.45, 7) is 13.8. The number of hydrogen-bond donors (Lipinski definition) is 1. The van der Waals surface area contributed by atoms with Crippen LogP contribution in [0.2, 0.25) is 0 Å². The molecule has 1 atom stereocenters. The maximum atomic E-state index is 12.5. The van der Waals surface area contributed by atoms with Crippen molar-refractivity contribution >= 4 is 40.0 Å². The van der Waals surface area contributed by atoms with E-state index in [1.807, 2.05) is 13.8 Å². The minimum Gasteiger partial charge on any atom is -0.378 e. The molecule has 2 saturated heterocycles. The number of piperazine rings is 2. The van der Waals surface area contributed by atoms with Gasteiger partial charge in [-0.2, -0.15) is 4.31 Å². The number of sulfonamides is 1. The first-order valence-corrected chi connectivity index (χ1v) is 12.3. The summed E-state index contributed by atoms with van der Waals surface area (Å²) in [7, 11) is 0.684. The Kier molecular flexibility index (Phi) is 12.4. The summed E-state index contributed by atoms with van der Waals surface area (Å²) in [6, 6.07) is 0.433. The Morgan fingerprint density at radius 1 is 1.03 bits per heavy atom. The first-order valence-electron chi connectivity index (χ1n) is 10.7. The van der Waals surface area contributed by atoms with Gasteiger partial charge in [0, 0.05) is 72.0 Å². The molecular weight excluding hydrogens is 519 g/mol. The molecule has 0 saturated carbocycles. The molecule has 0 aromatic carbocycles. The van der Waals surface area contributed by atoms with E-state index >= 15 is 0 Å². The Labute approximate surface area is 200 Å². The van der Waals surface area contributed by atoms with Crippen LogP contribution in [0.1, 0.15) is 20.8 Å². The molecular formula is C19H41IN6O3S. The highest BCUT2D eigenvalue weighted by Crippen LogP contribution is 2.10. The van der Waals surface area contributed by atoms with Gasteiger partial charge in [-0.05, 0) is 27.8 Å². The van der Waals surface area contributed by atoms with E-state index in [9.17, 15) is 8.42 Å². The van der Waals surface area contributed by atoms with Gasteiger partial charge < -0.3 is 19.9 Å². The number of rotatable bonds is 8. The van der Waals surface area contributed by atoms with Gasteiger partial charge in [0.2, 0.25) is 10.0 Å². The second kappa shape index (κ2) is 13.4. The van der Waals surface area contributed by atoms with Gasteiger partial charge in [0.1, 0.15) is 0 Å². The molecule has 30 heavy (non-hydrogen) atoms. The summed E-state index contributed by atoms with van der Waals surface area (Å²) < 4.78 is 32.0. The maximum Gasteiger partial charge on any atom is 0.216 e. The zero-order valence-corrected chi connectivity index (χ0v) is 22.4. The van der Waals surface area contributed by atoms with E-state index in [4.69, 9.17) is 4.74 Å². The van der Waals surface area contributed by atoms with Crippen molar-refractivity contribution < 1.29 is 13.2 Å².